The zero-order valence-corrected chi connectivity index (χ0v) is 9.14. The highest BCUT2D eigenvalue weighted by Gasteiger charge is 2.13. The summed E-state index contributed by atoms with van der Waals surface area (Å²) in [6.07, 6.45) is 1.85. The van der Waals surface area contributed by atoms with Crippen molar-refractivity contribution < 1.29 is 4.79 Å². The average molecular weight is 267 g/mol. The molecule has 1 N–H and O–H groups in total. The fourth-order valence-electron chi connectivity index (χ4n) is 0.446. The summed E-state index contributed by atoms with van der Waals surface area (Å²) in [7, 11) is 0. The van der Waals surface area contributed by atoms with E-state index in [1.54, 1.807) is 0 Å². The molecule has 0 atom stereocenters. The highest BCUT2D eigenvalue weighted by Crippen LogP contribution is 2.13. The molecule has 0 unspecified atom stereocenters. The van der Waals surface area contributed by atoms with Gasteiger partial charge >= 0.3 is 0 Å². The average Bonchev–Trinajstić information content (AvgIpc) is 2.00. The number of nitrogens with one attached hydrogen (secondary N) is 1. The number of alkyl halides is 1. The fourth-order valence-corrected chi connectivity index (χ4v) is 0.715. The Morgan fingerprint density at radius 3 is 2.64 bits per heavy atom. The Bertz CT molecular complexity index is 154. The van der Waals surface area contributed by atoms with E-state index in [2.05, 4.69) is 11.9 Å². The number of halogens is 1. The van der Waals surface area contributed by atoms with E-state index < -0.39 is 0 Å². The number of hydrogen-bond donors (Lipinski definition) is 1. The van der Waals surface area contributed by atoms with Crippen molar-refractivity contribution in [1.82, 2.24) is 5.32 Å². The summed E-state index contributed by atoms with van der Waals surface area (Å²) in [5, 5.41) is 2.81. The van der Waals surface area contributed by atoms with Gasteiger partial charge in [-0.05, 0) is 5.41 Å². The maximum atomic E-state index is 10.8. The second kappa shape index (κ2) is 4.74. The lowest BCUT2D eigenvalue weighted by atomic mass is 9.94. The first-order valence-corrected chi connectivity index (χ1v) is 5.00. The second-order valence-corrected chi connectivity index (χ2v) is 3.87. The zero-order valence-electron chi connectivity index (χ0n) is 6.98. The first kappa shape index (κ1) is 10.9. The van der Waals surface area contributed by atoms with E-state index in [1.807, 2.05) is 42.5 Å². The first-order valence-electron chi connectivity index (χ1n) is 3.48. The lowest BCUT2D eigenvalue weighted by molar-refractivity contribution is -0.118. The minimum absolute atomic E-state index is 0.00146. The summed E-state index contributed by atoms with van der Waals surface area (Å²) in [5.41, 5.74) is 0.00146. The van der Waals surface area contributed by atoms with E-state index >= 15 is 0 Å². The van der Waals surface area contributed by atoms with Crippen molar-refractivity contribution in [1.29, 1.82) is 0 Å². The van der Waals surface area contributed by atoms with Gasteiger partial charge in [-0.15, -0.1) is 6.58 Å². The van der Waals surface area contributed by atoms with Crippen molar-refractivity contribution in [2.24, 2.45) is 5.41 Å². The summed E-state index contributed by atoms with van der Waals surface area (Å²) >= 11 is 2.04. The third-order valence-corrected chi connectivity index (χ3v) is 2.11. The van der Waals surface area contributed by atoms with Gasteiger partial charge in [-0.25, -0.2) is 0 Å². The molecule has 0 aliphatic rings. The monoisotopic (exact) mass is 267 g/mol. The van der Waals surface area contributed by atoms with Crippen LogP contribution in [0.15, 0.2) is 12.7 Å². The maximum Gasteiger partial charge on any atom is 0.229 e. The third kappa shape index (κ3) is 5.24. The molecule has 0 aliphatic carbocycles. The molecule has 0 saturated carbocycles. The van der Waals surface area contributed by atoms with Crippen LogP contribution in [0.5, 0.6) is 0 Å². The highest BCUT2D eigenvalue weighted by atomic mass is 127. The van der Waals surface area contributed by atoms with E-state index in [0.717, 1.165) is 0 Å². The number of rotatable bonds is 4. The SMILES string of the molecule is C=CC(C)(C)CNC(=O)CI. The van der Waals surface area contributed by atoms with E-state index in [0.29, 0.717) is 11.0 Å². The van der Waals surface area contributed by atoms with Crippen molar-refractivity contribution >= 4 is 28.5 Å². The van der Waals surface area contributed by atoms with Gasteiger partial charge in [0.05, 0.1) is 4.43 Å². The molecule has 0 aromatic carbocycles. The molecule has 1 amide bonds. The van der Waals surface area contributed by atoms with Crippen molar-refractivity contribution in [2.75, 3.05) is 11.0 Å². The van der Waals surface area contributed by atoms with Crippen LogP contribution in [-0.4, -0.2) is 16.9 Å². The Balaban J connectivity index is 3.69. The van der Waals surface area contributed by atoms with Crippen molar-refractivity contribution in [3.63, 3.8) is 0 Å². The van der Waals surface area contributed by atoms with Crippen LogP contribution in [0.1, 0.15) is 13.8 Å². The van der Waals surface area contributed by atoms with E-state index in [1.165, 1.54) is 0 Å². The highest BCUT2D eigenvalue weighted by molar-refractivity contribution is 14.1. The molecule has 64 valence electrons. The minimum atomic E-state index is 0.00146. The molecule has 0 aliphatic heterocycles. The molecule has 0 radical (unpaired) electrons. The molecule has 0 heterocycles. The van der Waals surface area contributed by atoms with Gasteiger partial charge in [-0.3, -0.25) is 4.79 Å². The van der Waals surface area contributed by atoms with E-state index in [4.69, 9.17) is 0 Å². The molecule has 0 aromatic heterocycles. The number of carbonyl (C=O) groups is 1. The molecule has 11 heavy (non-hydrogen) atoms. The van der Waals surface area contributed by atoms with Crippen LogP contribution in [0.2, 0.25) is 0 Å². The standard InChI is InChI=1S/C8H14INO/c1-4-8(2,3)6-10-7(11)5-9/h4H,1,5-6H2,2-3H3,(H,10,11). The smallest absolute Gasteiger partial charge is 0.229 e. The van der Waals surface area contributed by atoms with Crippen LogP contribution >= 0.6 is 22.6 Å². The summed E-state index contributed by atoms with van der Waals surface area (Å²) in [5.74, 6) is 0.0838. The predicted molar refractivity (Wildman–Crippen MR) is 55.9 cm³/mol. The molecule has 3 heteroatoms. The van der Waals surface area contributed by atoms with E-state index in [9.17, 15) is 4.79 Å². The number of carbonyl (C=O) groups excluding carboxylic acids is 1. The first-order chi connectivity index (χ1) is 5.02. The van der Waals surface area contributed by atoms with Crippen LogP contribution in [0.25, 0.3) is 0 Å². The summed E-state index contributed by atoms with van der Waals surface area (Å²) in [6, 6.07) is 0. The van der Waals surface area contributed by atoms with Crippen molar-refractivity contribution in [2.45, 2.75) is 13.8 Å². The molecular weight excluding hydrogens is 253 g/mol. The molecule has 0 saturated heterocycles. The van der Waals surface area contributed by atoms with Gasteiger partial charge in [0.15, 0.2) is 0 Å². The van der Waals surface area contributed by atoms with Crippen LogP contribution in [0.4, 0.5) is 0 Å². The normalized spacial score (nSPS) is 10.8. The Morgan fingerprint density at radius 1 is 1.73 bits per heavy atom. The lowest BCUT2D eigenvalue weighted by Gasteiger charge is -2.19. The van der Waals surface area contributed by atoms with Crippen LogP contribution in [0.3, 0.4) is 0 Å². The summed E-state index contributed by atoms with van der Waals surface area (Å²) in [4.78, 5) is 10.8. The maximum absolute atomic E-state index is 10.8. The van der Waals surface area contributed by atoms with E-state index in [-0.39, 0.29) is 11.3 Å². The third-order valence-electron chi connectivity index (χ3n) is 1.42. The van der Waals surface area contributed by atoms with Gasteiger partial charge in [-0.2, -0.15) is 0 Å². The largest absolute Gasteiger partial charge is 0.355 e. The quantitative estimate of drug-likeness (QED) is 0.469. The van der Waals surface area contributed by atoms with Crippen molar-refractivity contribution in [3.8, 4) is 0 Å². The molecule has 0 fully saturated rings. The van der Waals surface area contributed by atoms with Crippen LogP contribution < -0.4 is 5.32 Å². The topological polar surface area (TPSA) is 29.1 Å². The summed E-state index contributed by atoms with van der Waals surface area (Å²) < 4.78 is 0.519. The molecule has 0 aromatic rings. The van der Waals surface area contributed by atoms with Gasteiger partial charge in [0.2, 0.25) is 5.91 Å². The molecule has 2 nitrogen and oxygen atoms in total. The number of hydrogen-bond acceptors (Lipinski definition) is 1. The summed E-state index contributed by atoms with van der Waals surface area (Å²) in [6.45, 7) is 8.42. The fraction of sp³-hybridized carbons (Fsp3) is 0.625. The zero-order chi connectivity index (χ0) is 8.91. The van der Waals surface area contributed by atoms with Crippen LogP contribution in [0, 0.1) is 5.41 Å². The van der Waals surface area contributed by atoms with Gasteiger partial charge in [0.1, 0.15) is 0 Å². The van der Waals surface area contributed by atoms with Gasteiger partial charge < -0.3 is 5.32 Å². The molecular formula is C8H14INO. The number of amides is 1. The molecule has 0 bridgehead atoms. The van der Waals surface area contributed by atoms with Crippen LogP contribution in [-0.2, 0) is 4.79 Å². The van der Waals surface area contributed by atoms with Gasteiger partial charge in [-0.1, -0.05) is 42.5 Å². The Hall–Kier alpha value is -0.0600. The van der Waals surface area contributed by atoms with Crippen molar-refractivity contribution in [3.05, 3.63) is 12.7 Å². The Labute approximate surface area is 81.6 Å². The Morgan fingerprint density at radius 2 is 2.27 bits per heavy atom. The lowest BCUT2D eigenvalue weighted by Crippen LogP contribution is -2.33. The van der Waals surface area contributed by atoms with Gasteiger partial charge in [0.25, 0.3) is 0 Å². The Kier molecular flexibility index (Phi) is 4.72. The molecule has 0 spiro atoms. The predicted octanol–water partition coefficient (Wildman–Crippen LogP) is 1.75. The molecule has 0 rings (SSSR count). The minimum Gasteiger partial charge on any atom is -0.355 e. The van der Waals surface area contributed by atoms with Gasteiger partial charge in [0, 0.05) is 6.54 Å². The second-order valence-electron chi connectivity index (χ2n) is 3.10.